The molecule has 1 saturated carbocycles. The number of hydrogen-bond donors (Lipinski definition) is 0. The summed E-state index contributed by atoms with van der Waals surface area (Å²) < 4.78 is 5.86. The summed E-state index contributed by atoms with van der Waals surface area (Å²) in [6, 6.07) is 5.51. The predicted molar refractivity (Wildman–Crippen MR) is 65.8 cm³/mol. The molecule has 3 unspecified atom stereocenters. The minimum atomic E-state index is 0.303. The molecule has 0 aliphatic heterocycles. The highest BCUT2D eigenvalue weighted by Gasteiger charge is 2.25. The first-order valence-corrected chi connectivity index (χ1v) is 6.32. The topological polar surface area (TPSA) is 22.1 Å². The van der Waals surface area contributed by atoms with Gasteiger partial charge in [0.05, 0.1) is 0 Å². The Kier molecular flexibility index (Phi) is 3.70. The Hall–Kier alpha value is -0.760. The molecule has 0 amide bonds. The Morgan fingerprint density at radius 2 is 2.06 bits per heavy atom. The number of nitrogens with zero attached hydrogens (tertiary/aromatic N) is 1. The maximum atomic E-state index is 5.86. The van der Waals surface area contributed by atoms with E-state index in [2.05, 4.69) is 18.8 Å². The van der Waals surface area contributed by atoms with E-state index in [1.807, 2.05) is 12.1 Å². The first-order chi connectivity index (χ1) is 7.65. The summed E-state index contributed by atoms with van der Waals surface area (Å²) in [6.07, 6.45) is 3.79. The molecule has 1 heterocycles. The average Bonchev–Trinajstić information content (AvgIpc) is 2.24. The van der Waals surface area contributed by atoms with Crippen molar-refractivity contribution in [1.29, 1.82) is 0 Å². The SMILES string of the molecule is CC1CCC(Oc2cccc(Cl)n2)CC1C. The quantitative estimate of drug-likeness (QED) is 0.730. The molecule has 0 aromatic carbocycles. The Bertz CT molecular complexity index is 356. The fourth-order valence-electron chi connectivity index (χ4n) is 2.23. The molecule has 3 heteroatoms. The number of halogens is 1. The summed E-state index contributed by atoms with van der Waals surface area (Å²) in [5.41, 5.74) is 0. The zero-order valence-electron chi connectivity index (χ0n) is 9.82. The van der Waals surface area contributed by atoms with E-state index in [9.17, 15) is 0 Å². The van der Waals surface area contributed by atoms with E-state index in [1.54, 1.807) is 6.07 Å². The standard InChI is InChI=1S/C13H18ClNO/c1-9-6-7-11(8-10(9)2)16-13-5-3-4-12(14)15-13/h3-5,9-11H,6-8H2,1-2H3. The summed E-state index contributed by atoms with van der Waals surface area (Å²) in [7, 11) is 0. The van der Waals surface area contributed by atoms with Crippen LogP contribution in [0.15, 0.2) is 18.2 Å². The molecule has 2 nitrogen and oxygen atoms in total. The van der Waals surface area contributed by atoms with Gasteiger partial charge in [0.2, 0.25) is 5.88 Å². The van der Waals surface area contributed by atoms with E-state index in [0.717, 1.165) is 24.7 Å². The maximum absolute atomic E-state index is 5.86. The largest absolute Gasteiger partial charge is 0.474 e. The molecule has 3 atom stereocenters. The van der Waals surface area contributed by atoms with E-state index in [0.29, 0.717) is 17.1 Å². The summed E-state index contributed by atoms with van der Waals surface area (Å²) in [5.74, 6) is 2.20. The number of aromatic nitrogens is 1. The van der Waals surface area contributed by atoms with Crippen LogP contribution in [0.4, 0.5) is 0 Å². The third-order valence-electron chi connectivity index (χ3n) is 3.53. The molecule has 2 rings (SSSR count). The minimum absolute atomic E-state index is 0.303. The van der Waals surface area contributed by atoms with Crippen molar-refractivity contribution in [2.75, 3.05) is 0 Å². The van der Waals surface area contributed by atoms with Crippen molar-refractivity contribution < 1.29 is 4.74 Å². The molecule has 88 valence electrons. The smallest absolute Gasteiger partial charge is 0.214 e. The third kappa shape index (κ3) is 2.88. The van der Waals surface area contributed by atoms with Gasteiger partial charge < -0.3 is 4.74 Å². The molecular weight excluding hydrogens is 222 g/mol. The van der Waals surface area contributed by atoms with Crippen molar-refractivity contribution >= 4 is 11.6 Å². The highest BCUT2D eigenvalue weighted by Crippen LogP contribution is 2.31. The molecular formula is C13H18ClNO. The van der Waals surface area contributed by atoms with Gasteiger partial charge >= 0.3 is 0 Å². The number of pyridine rings is 1. The van der Waals surface area contributed by atoms with Crippen molar-refractivity contribution in [2.45, 2.75) is 39.2 Å². The van der Waals surface area contributed by atoms with Gasteiger partial charge in [0.25, 0.3) is 0 Å². The minimum Gasteiger partial charge on any atom is -0.474 e. The molecule has 0 bridgehead atoms. The van der Waals surface area contributed by atoms with Gasteiger partial charge in [-0.2, -0.15) is 0 Å². The van der Waals surface area contributed by atoms with Crippen molar-refractivity contribution in [3.05, 3.63) is 23.4 Å². The lowest BCUT2D eigenvalue weighted by molar-refractivity contribution is 0.0965. The van der Waals surface area contributed by atoms with Crippen LogP contribution in [-0.2, 0) is 0 Å². The summed E-state index contributed by atoms with van der Waals surface area (Å²) in [6.45, 7) is 4.62. The lowest BCUT2D eigenvalue weighted by Gasteiger charge is -2.31. The van der Waals surface area contributed by atoms with Gasteiger partial charge in [0.15, 0.2) is 0 Å². The lowest BCUT2D eigenvalue weighted by atomic mass is 9.80. The second-order valence-electron chi connectivity index (χ2n) is 4.81. The van der Waals surface area contributed by atoms with Crippen molar-refractivity contribution in [3.63, 3.8) is 0 Å². The van der Waals surface area contributed by atoms with Crippen LogP contribution in [0.5, 0.6) is 5.88 Å². The Morgan fingerprint density at radius 3 is 2.75 bits per heavy atom. The zero-order valence-corrected chi connectivity index (χ0v) is 10.6. The van der Waals surface area contributed by atoms with Crippen LogP contribution < -0.4 is 4.74 Å². The van der Waals surface area contributed by atoms with Gasteiger partial charge in [-0.25, -0.2) is 4.98 Å². The van der Waals surface area contributed by atoms with Crippen LogP contribution in [0.3, 0.4) is 0 Å². The lowest BCUT2D eigenvalue weighted by Crippen LogP contribution is -2.28. The number of hydrogen-bond acceptors (Lipinski definition) is 2. The van der Waals surface area contributed by atoms with Crippen molar-refractivity contribution in [3.8, 4) is 5.88 Å². The van der Waals surface area contributed by atoms with E-state index in [1.165, 1.54) is 6.42 Å². The molecule has 0 spiro atoms. The Morgan fingerprint density at radius 1 is 1.25 bits per heavy atom. The highest BCUT2D eigenvalue weighted by molar-refractivity contribution is 6.29. The second kappa shape index (κ2) is 5.05. The van der Waals surface area contributed by atoms with Gasteiger partial charge in [-0.05, 0) is 37.2 Å². The average molecular weight is 240 g/mol. The van der Waals surface area contributed by atoms with Crippen LogP contribution in [0, 0.1) is 11.8 Å². The second-order valence-corrected chi connectivity index (χ2v) is 5.19. The third-order valence-corrected chi connectivity index (χ3v) is 3.74. The Labute approximate surface area is 102 Å². The predicted octanol–water partition coefficient (Wildman–Crippen LogP) is 3.94. The molecule has 0 saturated heterocycles. The summed E-state index contributed by atoms with van der Waals surface area (Å²) in [5, 5.41) is 0.495. The van der Waals surface area contributed by atoms with E-state index in [-0.39, 0.29) is 0 Å². The van der Waals surface area contributed by atoms with Gasteiger partial charge in [-0.15, -0.1) is 0 Å². The van der Waals surface area contributed by atoms with Gasteiger partial charge in [-0.1, -0.05) is 31.5 Å². The number of ether oxygens (including phenoxy) is 1. The van der Waals surface area contributed by atoms with Gasteiger partial charge in [0, 0.05) is 6.07 Å². The number of rotatable bonds is 2. The van der Waals surface area contributed by atoms with Crippen LogP contribution in [0.1, 0.15) is 33.1 Å². The molecule has 1 aliphatic rings. The van der Waals surface area contributed by atoms with Gasteiger partial charge in [-0.3, -0.25) is 0 Å². The fourth-order valence-corrected chi connectivity index (χ4v) is 2.39. The normalized spacial score (nSPS) is 30.1. The van der Waals surface area contributed by atoms with Crippen LogP contribution >= 0.6 is 11.6 Å². The summed E-state index contributed by atoms with van der Waals surface area (Å²) in [4.78, 5) is 4.15. The molecule has 1 fully saturated rings. The van der Waals surface area contributed by atoms with Crippen LogP contribution in [0.25, 0.3) is 0 Å². The molecule has 1 aliphatic carbocycles. The van der Waals surface area contributed by atoms with Crippen molar-refractivity contribution in [1.82, 2.24) is 4.98 Å². The maximum Gasteiger partial charge on any atom is 0.214 e. The fraction of sp³-hybridized carbons (Fsp3) is 0.615. The highest BCUT2D eigenvalue weighted by atomic mass is 35.5. The summed E-state index contributed by atoms with van der Waals surface area (Å²) >= 11 is 5.82. The molecule has 1 aromatic heterocycles. The molecule has 1 aromatic rings. The van der Waals surface area contributed by atoms with E-state index < -0.39 is 0 Å². The monoisotopic (exact) mass is 239 g/mol. The van der Waals surface area contributed by atoms with E-state index >= 15 is 0 Å². The first-order valence-electron chi connectivity index (χ1n) is 5.94. The van der Waals surface area contributed by atoms with Crippen molar-refractivity contribution in [2.24, 2.45) is 11.8 Å². The first kappa shape index (κ1) is 11.7. The van der Waals surface area contributed by atoms with E-state index in [4.69, 9.17) is 16.3 Å². The van der Waals surface area contributed by atoms with Crippen LogP contribution in [0.2, 0.25) is 5.15 Å². The molecule has 0 radical (unpaired) electrons. The molecule has 0 N–H and O–H groups in total. The molecule has 16 heavy (non-hydrogen) atoms. The van der Waals surface area contributed by atoms with Gasteiger partial charge in [0.1, 0.15) is 11.3 Å². The Balaban J connectivity index is 1.95. The zero-order chi connectivity index (χ0) is 11.5. The van der Waals surface area contributed by atoms with Crippen LogP contribution in [-0.4, -0.2) is 11.1 Å².